The SMILES string of the molecule is Fc1cc(Br)cc2c1C(F)(F)C=CC2.OC1CCc2cc(Br)cc(F)c2C1(F)F. The highest BCUT2D eigenvalue weighted by atomic mass is 79.9. The number of hydrogen-bond donors (Lipinski definition) is 1. The molecule has 29 heavy (non-hydrogen) atoms. The summed E-state index contributed by atoms with van der Waals surface area (Å²) >= 11 is 6.12. The predicted octanol–water partition coefficient (Wildman–Crippen LogP) is 6.78. The van der Waals surface area contributed by atoms with Crippen molar-refractivity contribution in [1.29, 1.82) is 0 Å². The van der Waals surface area contributed by atoms with Crippen molar-refractivity contribution in [2.24, 2.45) is 0 Å². The van der Waals surface area contributed by atoms with E-state index in [0.29, 0.717) is 20.9 Å². The molecule has 0 fully saturated rings. The summed E-state index contributed by atoms with van der Waals surface area (Å²) in [6.07, 6.45) is 0.876. The number of benzene rings is 2. The van der Waals surface area contributed by atoms with Crippen molar-refractivity contribution < 1.29 is 31.4 Å². The smallest absolute Gasteiger partial charge is 0.301 e. The molecule has 0 bridgehead atoms. The molecule has 0 spiro atoms. The average Bonchev–Trinajstić information content (AvgIpc) is 2.56. The van der Waals surface area contributed by atoms with Crippen LogP contribution in [0.25, 0.3) is 0 Å². The van der Waals surface area contributed by atoms with E-state index in [-0.39, 0.29) is 18.4 Å². The Bertz CT molecular complexity index is 974. The third-order valence-electron chi connectivity index (χ3n) is 4.71. The molecule has 1 atom stereocenters. The summed E-state index contributed by atoms with van der Waals surface area (Å²) in [4.78, 5) is 0. The van der Waals surface area contributed by atoms with Gasteiger partial charge in [-0.15, -0.1) is 0 Å². The molecule has 0 aliphatic heterocycles. The highest BCUT2D eigenvalue weighted by Crippen LogP contribution is 2.42. The fourth-order valence-electron chi connectivity index (χ4n) is 3.42. The molecule has 156 valence electrons. The van der Waals surface area contributed by atoms with E-state index in [1.165, 1.54) is 18.2 Å². The largest absolute Gasteiger partial charge is 0.386 e. The molecule has 0 saturated heterocycles. The first-order valence-corrected chi connectivity index (χ1v) is 10.1. The van der Waals surface area contributed by atoms with E-state index in [1.807, 2.05) is 0 Å². The van der Waals surface area contributed by atoms with Crippen LogP contribution in [0.5, 0.6) is 0 Å². The molecule has 4 rings (SSSR count). The van der Waals surface area contributed by atoms with Crippen LogP contribution in [-0.2, 0) is 24.7 Å². The second-order valence-electron chi connectivity index (χ2n) is 6.75. The summed E-state index contributed by atoms with van der Waals surface area (Å²) in [5.41, 5.74) is -0.561. The molecule has 1 unspecified atom stereocenters. The lowest BCUT2D eigenvalue weighted by Gasteiger charge is -2.30. The Hall–Kier alpha value is -1.32. The third kappa shape index (κ3) is 4.41. The molecule has 9 heteroatoms. The maximum atomic E-state index is 13.5. The van der Waals surface area contributed by atoms with Crippen LogP contribution in [-0.4, -0.2) is 11.2 Å². The van der Waals surface area contributed by atoms with E-state index in [4.69, 9.17) is 5.11 Å². The van der Waals surface area contributed by atoms with E-state index in [9.17, 15) is 26.3 Å². The van der Waals surface area contributed by atoms with Crippen LogP contribution in [0.4, 0.5) is 26.3 Å². The number of aryl methyl sites for hydroxylation is 1. The normalized spacial score (nSPS) is 20.9. The van der Waals surface area contributed by atoms with Crippen molar-refractivity contribution in [3.05, 3.63) is 79.3 Å². The lowest BCUT2D eigenvalue weighted by atomic mass is 9.86. The van der Waals surface area contributed by atoms with Crippen molar-refractivity contribution in [2.45, 2.75) is 37.2 Å². The van der Waals surface area contributed by atoms with Crippen molar-refractivity contribution in [3.63, 3.8) is 0 Å². The number of allylic oxidation sites excluding steroid dienone is 2. The van der Waals surface area contributed by atoms with Crippen LogP contribution in [0.2, 0.25) is 0 Å². The Labute approximate surface area is 179 Å². The number of hydrogen-bond acceptors (Lipinski definition) is 1. The van der Waals surface area contributed by atoms with Gasteiger partial charge in [0.1, 0.15) is 17.7 Å². The minimum atomic E-state index is -3.49. The summed E-state index contributed by atoms with van der Waals surface area (Å²) in [7, 11) is 0. The second kappa shape index (κ2) is 8.07. The molecule has 2 aromatic rings. The Kier molecular flexibility index (Phi) is 6.23. The molecule has 0 saturated carbocycles. The Morgan fingerprint density at radius 3 is 2.03 bits per heavy atom. The van der Waals surface area contributed by atoms with Gasteiger partial charge < -0.3 is 5.11 Å². The van der Waals surface area contributed by atoms with Gasteiger partial charge in [0.2, 0.25) is 0 Å². The molecule has 0 amide bonds. The van der Waals surface area contributed by atoms with Gasteiger partial charge in [0.05, 0.1) is 11.1 Å². The predicted molar refractivity (Wildman–Crippen MR) is 103 cm³/mol. The zero-order valence-electron chi connectivity index (χ0n) is 14.6. The molecule has 2 aliphatic carbocycles. The molecule has 2 aromatic carbocycles. The molecule has 1 N–H and O–H groups in total. The van der Waals surface area contributed by atoms with Crippen LogP contribution < -0.4 is 0 Å². The summed E-state index contributed by atoms with van der Waals surface area (Å²) in [6, 6.07) is 5.05. The lowest BCUT2D eigenvalue weighted by molar-refractivity contribution is -0.126. The van der Waals surface area contributed by atoms with Crippen molar-refractivity contribution in [2.75, 3.05) is 0 Å². The molecule has 1 nitrogen and oxygen atoms in total. The second-order valence-corrected chi connectivity index (χ2v) is 8.58. The van der Waals surface area contributed by atoms with Gasteiger partial charge in [-0.2, -0.15) is 17.6 Å². The van der Waals surface area contributed by atoms with E-state index < -0.39 is 40.7 Å². The minimum absolute atomic E-state index is 0.0457. The topological polar surface area (TPSA) is 20.2 Å². The summed E-state index contributed by atoms with van der Waals surface area (Å²) < 4.78 is 81.0. The summed E-state index contributed by atoms with van der Waals surface area (Å²) in [6.45, 7) is 0. The number of rotatable bonds is 0. The van der Waals surface area contributed by atoms with E-state index in [1.54, 1.807) is 0 Å². The van der Waals surface area contributed by atoms with Gasteiger partial charge in [-0.1, -0.05) is 37.9 Å². The van der Waals surface area contributed by atoms with Crippen LogP contribution >= 0.6 is 31.9 Å². The van der Waals surface area contributed by atoms with Gasteiger partial charge in [-0.25, -0.2) is 8.78 Å². The third-order valence-corrected chi connectivity index (χ3v) is 5.63. The fourth-order valence-corrected chi connectivity index (χ4v) is 4.37. The Morgan fingerprint density at radius 1 is 0.862 bits per heavy atom. The Morgan fingerprint density at radius 2 is 1.41 bits per heavy atom. The molecule has 0 radical (unpaired) electrons. The maximum Gasteiger partial charge on any atom is 0.301 e. The van der Waals surface area contributed by atoms with Crippen LogP contribution in [0, 0.1) is 11.6 Å². The number of aliphatic hydroxyl groups excluding tert-OH is 1. The summed E-state index contributed by atoms with van der Waals surface area (Å²) in [5, 5.41) is 9.15. The first-order chi connectivity index (χ1) is 13.4. The first-order valence-electron chi connectivity index (χ1n) is 8.51. The fraction of sp³-hybridized carbons (Fsp3) is 0.300. The first kappa shape index (κ1) is 22.4. The van der Waals surface area contributed by atoms with E-state index >= 15 is 0 Å². The molecule has 0 heterocycles. The highest BCUT2D eigenvalue weighted by molar-refractivity contribution is 9.10. The number of fused-ring (bicyclic) bond motifs is 2. The standard InChI is InChI=1S/C10H8BrF3O.C10H6BrF3/c11-6-3-5-1-2-8(15)10(13,14)9(5)7(12)4-6;11-7-4-6-2-1-3-10(13,14)9(6)8(12)5-7/h3-4,8,15H,1-2H2;1,3-5H,2H2. The molecular formula is C20H14Br2F6O. The molecular weight excluding hydrogens is 530 g/mol. The van der Waals surface area contributed by atoms with Crippen molar-refractivity contribution in [3.8, 4) is 0 Å². The van der Waals surface area contributed by atoms with Crippen molar-refractivity contribution >= 4 is 31.9 Å². The zero-order chi connectivity index (χ0) is 21.6. The van der Waals surface area contributed by atoms with E-state index in [2.05, 4.69) is 31.9 Å². The lowest BCUT2D eigenvalue weighted by Crippen LogP contribution is -2.37. The van der Waals surface area contributed by atoms with Crippen LogP contribution in [0.15, 0.2) is 45.4 Å². The summed E-state index contributed by atoms with van der Waals surface area (Å²) in [5.74, 6) is -8.50. The van der Waals surface area contributed by atoms with Gasteiger partial charge in [0.15, 0.2) is 0 Å². The number of alkyl halides is 4. The van der Waals surface area contributed by atoms with Gasteiger partial charge in [0, 0.05) is 8.95 Å². The van der Waals surface area contributed by atoms with Crippen LogP contribution in [0.1, 0.15) is 28.7 Å². The van der Waals surface area contributed by atoms with Gasteiger partial charge in [0.25, 0.3) is 5.92 Å². The van der Waals surface area contributed by atoms with E-state index in [0.717, 1.165) is 18.2 Å². The average molecular weight is 544 g/mol. The zero-order valence-corrected chi connectivity index (χ0v) is 17.8. The molecule has 2 aliphatic rings. The monoisotopic (exact) mass is 542 g/mol. The van der Waals surface area contributed by atoms with Gasteiger partial charge in [-0.3, -0.25) is 0 Å². The molecule has 0 aromatic heterocycles. The Balaban J connectivity index is 0.000000166. The highest BCUT2D eigenvalue weighted by Gasteiger charge is 2.47. The maximum absolute atomic E-state index is 13.5. The van der Waals surface area contributed by atoms with Crippen LogP contribution in [0.3, 0.4) is 0 Å². The van der Waals surface area contributed by atoms with Gasteiger partial charge >= 0.3 is 5.92 Å². The quantitative estimate of drug-likeness (QED) is 0.287. The number of halogens is 8. The minimum Gasteiger partial charge on any atom is -0.386 e. The van der Waals surface area contributed by atoms with Gasteiger partial charge in [-0.05, 0) is 60.7 Å². The van der Waals surface area contributed by atoms with Crippen molar-refractivity contribution in [1.82, 2.24) is 0 Å². The number of aliphatic hydroxyl groups is 1.